The van der Waals surface area contributed by atoms with E-state index in [0.717, 1.165) is 39.4 Å². The first kappa shape index (κ1) is 18.8. The summed E-state index contributed by atoms with van der Waals surface area (Å²) in [7, 11) is 10.3. The molecule has 5 heteroatoms. The Balaban J connectivity index is 3.77. The fraction of sp³-hybridized carbons (Fsp3) is 1.00. The Hall–Kier alpha value is -0.200. The number of likely N-dealkylation sites (N-methyl/N-ethyl adjacent to an activating group) is 2. The van der Waals surface area contributed by atoms with Crippen LogP contribution in [0.25, 0.3) is 0 Å². The third kappa shape index (κ3) is 11.3. The molecule has 0 aromatic heterocycles. The van der Waals surface area contributed by atoms with Gasteiger partial charge in [0, 0.05) is 32.1 Å². The summed E-state index contributed by atoms with van der Waals surface area (Å²) in [6.07, 6.45) is -0.278. The summed E-state index contributed by atoms with van der Waals surface area (Å²) in [5, 5.41) is 9.79. The second kappa shape index (κ2) is 10.6. The Morgan fingerprint density at radius 3 is 1.95 bits per heavy atom. The summed E-state index contributed by atoms with van der Waals surface area (Å²) in [6.45, 7) is 7.06. The molecule has 2 atom stereocenters. The van der Waals surface area contributed by atoms with Gasteiger partial charge >= 0.3 is 0 Å². The topological polar surface area (TPSA) is 39.2 Å². The Bertz CT molecular complexity index is 211. The maximum Gasteiger partial charge on any atom is 0.0593 e. The van der Waals surface area contributed by atoms with Crippen molar-refractivity contribution >= 4 is 0 Å². The van der Waals surface area contributed by atoms with Crippen LogP contribution in [0.15, 0.2) is 0 Å². The van der Waals surface area contributed by atoms with Crippen LogP contribution in [0.1, 0.15) is 6.92 Å². The quantitative estimate of drug-likeness (QED) is 0.540. The van der Waals surface area contributed by atoms with Crippen molar-refractivity contribution in [2.45, 2.75) is 13.0 Å². The van der Waals surface area contributed by atoms with Crippen LogP contribution in [-0.4, -0.2) is 101 Å². The van der Waals surface area contributed by atoms with E-state index in [1.54, 1.807) is 0 Å². The van der Waals surface area contributed by atoms with Gasteiger partial charge in [-0.3, -0.25) is 0 Å². The van der Waals surface area contributed by atoms with E-state index in [1.807, 2.05) is 35.1 Å². The van der Waals surface area contributed by atoms with E-state index in [2.05, 4.69) is 21.7 Å². The lowest BCUT2D eigenvalue weighted by Gasteiger charge is -2.28. The average molecular weight is 275 g/mol. The Labute approximate surface area is 119 Å². The zero-order chi connectivity index (χ0) is 14.8. The van der Waals surface area contributed by atoms with E-state index in [0.29, 0.717) is 0 Å². The number of nitrogens with zero attached hydrogens (tertiary/aromatic N) is 3. The van der Waals surface area contributed by atoms with Crippen LogP contribution in [0.2, 0.25) is 0 Å². The highest BCUT2D eigenvalue weighted by molar-refractivity contribution is 4.71. The molecule has 0 aromatic rings. The molecule has 0 amide bonds. The molecule has 0 spiro atoms. The van der Waals surface area contributed by atoms with Crippen LogP contribution in [0.3, 0.4) is 0 Å². The number of hydrogen-bond donors (Lipinski definition) is 1. The fourth-order valence-electron chi connectivity index (χ4n) is 1.89. The molecule has 2 unspecified atom stereocenters. The first-order chi connectivity index (χ1) is 8.82. The predicted molar refractivity (Wildman–Crippen MR) is 80.6 cm³/mol. The van der Waals surface area contributed by atoms with Crippen molar-refractivity contribution < 1.29 is 9.84 Å². The van der Waals surface area contributed by atoms with Crippen molar-refractivity contribution in [1.82, 2.24) is 14.7 Å². The van der Waals surface area contributed by atoms with Crippen LogP contribution < -0.4 is 0 Å². The lowest BCUT2D eigenvalue weighted by molar-refractivity contribution is 0.0633. The van der Waals surface area contributed by atoms with E-state index < -0.39 is 0 Å². The van der Waals surface area contributed by atoms with Gasteiger partial charge in [0.15, 0.2) is 0 Å². The Kier molecular flexibility index (Phi) is 10.5. The van der Waals surface area contributed by atoms with Crippen molar-refractivity contribution in [2.75, 3.05) is 74.6 Å². The van der Waals surface area contributed by atoms with Crippen LogP contribution >= 0.6 is 0 Å². The molecule has 0 aliphatic carbocycles. The van der Waals surface area contributed by atoms with Crippen LogP contribution in [-0.2, 0) is 4.74 Å². The van der Waals surface area contributed by atoms with E-state index in [1.165, 1.54) is 0 Å². The van der Waals surface area contributed by atoms with Gasteiger partial charge in [-0.2, -0.15) is 0 Å². The van der Waals surface area contributed by atoms with Gasteiger partial charge in [0.25, 0.3) is 0 Å². The maximum absolute atomic E-state index is 9.79. The highest BCUT2D eigenvalue weighted by Crippen LogP contribution is 2.06. The molecule has 19 heavy (non-hydrogen) atoms. The van der Waals surface area contributed by atoms with Gasteiger partial charge in [0.05, 0.1) is 19.3 Å². The lowest BCUT2D eigenvalue weighted by Crippen LogP contribution is -2.39. The maximum atomic E-state index is 9.79. The van der Waals surface area contributed by atoms with E-state index in [9.17, 15) is 5.11 Å². The summed E-state index contributed by atoms with van der Waals surface area (Å²) < 4.78 is 5.58. The predicted octanol–water partition coefficient (Wildman–Crippen LogP) is 0.0550. The molecule has 0 bridgehead atoms. The van der Waals surface area contributed by atoms with Gasteiger partial charge in [-0.05, 0) is 42.2 Å². The van der Waals surface area contributed by atoms with Crippen molar-refractivity contribution in [3.8, 4) is 0 Å². The molecule has 0 saturated heterocycles. The largest absolute Gasteiger partial charge is 0.393 e. The standard InChI is InChI=1S/C14H33N3O2/c1-13(18)14(11-16(4)5)12-17(6)8-10-19-9-7-15(2)3/h13-14,18H,7-12H2,1-6H3. The number of hydrogen-bond acceptors (Lipinski definition) is 5. The SMILES string of the molecule is CC(O)C(CN(C)C)CN(C)CCOCCN(C)C. The molecule has 0 saturated carbocycles. The van der Waals surface area contributed by atoms with Crippen molar-refractivity contribution in [1.29, 1.82) is 0 Å². The molecule has 0 fully saturated rings. The van der Waals surface area contributed by atoms with Crippen molar-refractivity contribution in [3.63, 3.8) is 0 Å². The van der Waals surface area contributed by atoms with E-state index in [4.69, 9.17) is 4.74 Å². The fourth-order valence-corrected chi connectivity index (χ4v) is 1.89. The third-order valence-corrected chi connectivity index (χ3v) is 3.13. The Morgan fingerprint density at radius 1 is 0.895 bits per heavy atom. The number of ether oxygens (including phenoxy) is 1. The monoisotopic (exact) mass is 275 g/mol. The lowest BCUT2D eigenvalue weighted by atomic mass is 10.0. The molecule has 0 aliphatic rings. The van der Waals surface area contributed by atoms with Crippen molar-refractivity contribution in [2.24, 2.45) is 5.92 Å². The van der Waals surface area contributed by atoms with Crippen molar-refractivity contribution in [3.05, 3.63) is 0 Å². The second-order valence-corrected chi connectivity index (χ2v) is 5.94. The van der Waals surface area contributed by atoms with Crippen LogP contribution in [0.4, 0.5) is 0 Å². The van der Waals surface area contributed by atoms with E-state index >= 15 is 0 Å². The summed E-state index contributed by atoms with van der Waals surface area (Å²) in [6, 6.07) is 0. The highest BCUT2D eigenvalue weighted by Gasteiger charge is 2.17. The molecule has 0 rings (SSSR count). The number of aliphatic hydroxyl groups is 1. The van der Waals surface area contributed by atoms with Gasteiger partial charge in [-0.25, -0.2) is 0 Å². The molecule has 1 N–H and O–H groups in total. The van der Waals surface area contributed by atoms with E-state index in [-0.39, 0.29) is 12.0 Å². The minimum Gasteiger partial charge on any atom is -0.393 e. The molecule has 0 aromatic carbocycles. The zero-order valence-electron chi connectivity index (χ0n) is 13.6. The minimum absolute atomic E-state index is 0.278. The average Bonchev–Trinajstić information content (AvgIpc) is 2.26. The van der Waals surface area contributed by atoms with Gasteiger partial charge < -0.3 is 24.5 Å². The summed E-state index contributed by atoms with van der Waals surface area (Å²) in [5.41, 5.74) is 0. The smallest absolute Gasteiger partial charge is 0.0593 e. The van der Waals surface area contributed by atoms with Crippen LogP contribution in [0, 0.1) is 5.92 Å². The molecule has 0 heterocycles. The molecular weight excluding hydrogens is 242 g/mol. The Morgan fingerprint density at radius 2 is 1.47 bits per heavy atom. The zero-order valence-corrected chi connectivity index (χ0v) is 13.6. The van der Waals surface area contributed by atoms with Crippen LogP contribution in [0.5, 0.6) is 0 Å². The number of aliphatic hydroxyl groups excluding tert-OH is 1. The first-order valence-corrected chi connectivity index (χ1v) is 7.06. The molecule has 116 valence electrons. The molecular formula is C14H33N3O2. The van der Waals surface area contributed by atoms with Gasteiger partial charge in [0.2, 0.25) is 0 Å². The first-order valence-electron chi connectivity index (χ1n) is 7.06. The summed E-state index contributed by atoms with van der Waals surface area (Å²) in [4.78, 5) is 6.47. The van der Waals surface area contributed by atoms with Gasteiger partial charge in [-0.1, -0.05) is 0 Å². The molecule has 0 radical (unpaired) electrons. The normalized spacial score (nSPS) is 15.5. The second-order valence-electron chi connectivity index (χ2n) is 5.94. The van der Waals surface area contributed by atoms with Gasteiger partial charge in [-0.15, -0.1) is 0 Å². The summed E-state index contributed by atoms with van der Waals surface area (Å²) in [5.74, 6) is 0.279. The minimum atomic E-state index is -0.278. The number of rotatable bonds is 11. The molecule has 5 nitrogen and oxygen atoms in total. The molecule has 0 aliphatic heterocycles. The third-order valence-electron chi connectivity index (χ3n) is 3.13. The summed E-state index contributed by atoms with van der Waals surface area (Å²) >= 11 is 0. The van der Waals surface area contributed by atoms with Gasteiger partial charge in [0.1, 0.15) is 0 Å². The highest BCUT2D eigenvalue weighted by atomic mass is 16.5.